The Kier molecular flexibility index (Phi) is 9.58. The molecule has 0 atom stereocenters. The van der Waals surface area contributed by atoms with Crippen LogP contribution in [0, 0.1) is 0 Å². The summed E-state index contributed by atoms with van der Waals surface area (Å²) in [5.74, 6) is -0.596. The van der Waals surface area contributed by atoms with Crippen LogP contribution < -0.4 is 0 Å². The quantitative estimate of drug-likeness (QED) is 0.281. The van der Waals surface area contributed by atoms with Gasteiger partial charge in [-0.05, 0) is 17.5 Å². The Labute approximate surface area is 165 Å². The first kappa shape index (κ1) is 21.7. The van der Waals surface area contributed by atoms with Gasteiger partial charge >= 0.3 is 0 Å². The second kappa shape index (κ2) is 11.9. The first-order valence-corrected chi connectivity index (χ1v) is 10.5. The molecule has 0 heterocycles. The Hall–Kier alpha value is -1.64. The van der Waals surface area contributed by atoms with E-state index >= 15 is 0 Å². The van der Waals surface area contributed by atoms with E-state index < -0.39 is 5.79 Å². The van der Waals surface area contributed by atoms with Gasteiger partial charge < -0.3 is 9.47 Å². The molecule has 0 fully saturated rings. The molecular formula is C25H36O2. The lowest BCUT2D eigenvalue weighted by Crippen LogP contribution is -2.41. The molecule has 0 aliphatic rings. The van der Waals surface area contributed by atoms with Gasteiger partial charge in [-0.3, -0.25) is 0 Å². The fourth-order valence-electron chi connectivity index (χ4n) is 3.99. The van der Waals surface area contributed by atoms with Crippen LogP contribution in [0.5, 0.6) is 0 Å². The van der Waals surface area contributed by atoms with Crippen molar-refractivity contribution in [2.75, 3.05) is 14.2 Å². The summed E-state index contributed by atoms with van der Waals surface area (Å²) in [6.45, 7) is 2.26. The zero-order valence-electron chi connectivity index (χ0n) is 17.3. The second-order valence-electron chi connectivity index (χ2n) is 7.35. The maximum absolute atomic E-state index is 6.08. The molecule has 0 amide bonds. The largest absolute Gasteiger partial charge is 0.352 e. The maximum Gasteiger partial charge on any atom is 0.178 e. The molecule has 148 valence electrons. The first-order valence-electron chi connectivity index (χ1n) is 10.5. The predicted octanol–water partition coefficient (Wildman–Crippen LogP) is 6.95. The van der Waals surface area contributed by atoms with Gasteiger partial charge in [0.1, 0.15) is 0 Å². The number of methoxy groups -OCH3 is 2. The molecule has 2 aromatic carbocycles. The highest BCUT2D eigenvalue weighted by Crippen LogP contribution is 2.41. The van der Waals surface area contributed by atoms with Gasteiger partial charge in [0.2, 0.25) is 0 Å². The topological polar surface area (TPSA) is 18.5 Å². The zero-order chi connectivity index (χ0) is 19.4. The second-order valence-corrected chi connectivity index (χ2v) is 7.35. The van der Waals surface area contributed by atoms with E-state index in [0.717, 1.165) is 12.8 Å². The summed E-state index contributed by atoms with van der Waals surface area (Å²) >= 11 is 0. The molecule has 0 spiro atoms. The van der Waals surface area contributed by atoms with Crippen LogP contribution in [0.3, 0.4) is 0 Å². The summed E-state index contributed by atoms with van der Waals surface area (Å²) < 4.78 is 12.2. The minimum atomic E-state index is -0.647. The number of benzene rings is 2. The van der Waals surface area contributed by atoms with Crippen molar-refractivity contribution in [3.8, 4) is 0 Å². The van der Waals surface area contributed by atoms with Gasteiger partial charge in [-0.25, -0.2) is 0 Å². The molecule has 0 unspecified atom stereocenters. The Bertz CT molecular complexity index is 565. The summed E-state index contributed by atoms with van der Waals surface area (Å²) in [7, 11) is 3.56. The highest BCUT2D eigenvalue weighted by molar-refractivity contribution is 5.35. The Morgan fingerprint density at radius 3 is 1.56 bits per heavy atom. The lowest BCUT2D eigenvalue weighted by Gasteiger charge is -2.39. The SMILES string of the molecule is CCCCCCCCCC(OC)(OC)C(c1ccccc1)c1ccccc1. The van der Waals surface area contributed by atoms with Crippen LogP contribution in [-0.4, -0.2) is 20.0 Å². The van der Waals surface area contributed by atoms with E-state index in [1.807, 2.05) is 0 Å². The van der Waals surface area contributed by atoms with Crippen molar-refractivity contribution < 1.29 is 9.47 Å². The van der Waals surface area contributed by atoms with Gasteiger partial charge in [0, 0.05) is 20.6 Å². The molecule has 0 aliphatic carbocycles. The fourth-order valence-corrected chi connectivity index (χ4v) is 3.99. The van der Waals surface area contributed by atoms with Gasteiger partial charge in [-0.2, -0.15) is 0 Å². The molecule has 2 nitrogen and oxygen atoms in total. The number of unbranched alkanes of at least 4 members (excludes halogenated alkanes) is 6. The normalized spacial score (nSPS) is 11.9. The van der Waals surface area contributed by atoms with E-state index in [-0.39, 0.29) is 5.92 Å². The summed E-state index contributed by atoms with van der Waals surface area (Å²) in [5.41, 5.74) is 2.46. The van der Waals surface area contributed by atoms with Crippen molar-refractivity contribution in [1.29, 1.82) is 0 Å². The molecule has 27 heavy (non-hydrogen) atoms. The van der Waals surface area contributed by atoms with Crippen LogP contribution in [0.1, 0.15) is 75.3 Å². The molecule has 0 radical (unpaired) electrons. The molecule has 0 N–H and O–H groups in total. The van der Waals surface area contributed by atoms with Crippen molar-refractivity contribution >= 4 is 0 Å². The van der Waals surface area contributed by atoms with Crippen LogP contribution in [0.25, 0.3) is 0 Å². The van der Waals surface area contributed by atoms with E-state index in [1.165, 1.54) is 49.7 Å². The summed E-state index contributed by atoms with van der Waals surface area (Å²) in [4.78, 5) is 0. The molecular weight excluding hydrogens is 332 g/mol. The third kappa shape index (κ3) is 6.19. The van der Waals surface area contributed by atoms with Gasteiger partial charge in [-0.15, -0.1) is 0 Å². The Morgan fingerprint density at radius 1 is 0.667 bits per heavy atom. The van der Waals surface area contributed by atoms with Crippen LogP contribution in [0.4, 0.5) is 0 Å². The Balaban J connectivity index is 2.15. The van der Waals surface area contributed by atoms with Crippen molar-refractivity contribution in [2.45, 2.75) is 70.0 Å². The predicted molar refractivity (Wildman–Crippen MR) is 114 cm³/mol. The smallest absolute Gasteiger partial charge is 0.178 e. The van der Waals surface area contributed by atoms with E-state index in [4.69, 9.17) is 9.47 Å². The number of hydrogen-bond acceptors (Lipinski definition) is 2. The molecule has 2 rings (SSSR count). The average Bonchev–Trinajstić information content (AvgIpc) is 2.73. The molecule has 0 aromatic heterocycles. The molecule has 0 aliphatic heterocycles. The van der Waals surface area contributed by atoms with Crippen LogP contribution in [0.2, 0.25) is 0 Å². The van der Waals surface area contributed by atoms with Crippen molar-refractivity contribution in [3.05, 3.63) is 71.8 Å². The van der Waals surface area contributed by atoms with Crippen LogP contribution in [0.15, 0.2) is 60.7 Å². The van der Waals surface area contributed by atoms with Gasteiger partial charge in [0.05, 0.1) is 5.92 Å². The molecule has 0 bridgehead atoms. The van der Waals surface area contributed by atoms with Crippen LogP contribution in [-0.2, 0) is 9.47 Å². The summed E-state index contributed by atoms with van der Waals surface area (Å²) in [6.07, 6.45) is 9.87. The van der Waals surface area contributed by atoms with Gasteiger partial charge in [0.15, 0.2) is 5.79 Å². The van der Waals surface area contributed by atoms with Crippen molar-refractivity contribution in [1.82, 2.24) is 0 Å². The Morgan fingerprint density at radius 2 is 1.11 bits per heavy atom. The lowest BCUT2D eigenvalue weighted by molar-refractivity contribution is -0.220. The minimum absolute atomic E-state index is 0.0509. The lowest BCUT2D eigenvalue weighted by atomic mass is 9.81. The summed E-state index contributed by atoms with van der Waals surface area (Å²) in [6, 6.07) is 21.2. The third-order valence-electron chi connectivity index (χ3n) is 5.53. The van der Waals surface area contributed by atoms with Crippen LogP contribution >= 0.6 is 0 Å². The molecule has 2 heteroatoms. The summed E-state index contributed by atoms with van der Waals surface area (Å²) in [5, 5.41) is 0. The van der Waals surface area contributed by atoms with E-state index in [9.17, 15) is 0 Å². The zero-order valence-corrected chi connectivity index (χ0v) is 17.3. The van der Waals surface area contributed by atoms with Crippen molar-refractivity contribution in [3.63, 3.8) is 0 Å². The van der Waals surface area contributed by atoms with E-state index in [2.05, 4.69) is 67.6 Å². The number of hydrogen-bond donors (Lipinski definition) is 0. The first-order chi connectivity index (χ1) is 13.3. The molecule has 0 saturated heterocycles. The van der Waals surface area contributed by atoms with E-state index in [1.54, 1.807) is 14.2 Å². The van der Waals surface area contributed by atoms with E-state index in [0.29, 0.717) is 0 Å². The minimum Gasteiger partial charge on any atom is -0.352 e. The highest BCUT2D eigenvalue weighted by Gasteiger charge is 2.40. The third-order valence-corrected chi connectivity index (χ3v) is 5.53. The fraction of sp³-hybridized carbons (Fsp3) is 0.520. The van der Waals surface area contributed by atoms with Gasteiger partial charge in [-0.1, -0.05) is 106 Å². The highest BCUT2D eigenvalue weighted by atomic mass is 16.7. The standard InChI is InChI=1S/C25H36O2/c1-4-5-6-7-8-9-16-21-25(26-2,27-3)24(22-17-12-10-13-18-22)23-19-14-11-15-20-23/h10-15,17-20,24H,4-9,16,21H2,1-3H3. The van der Waals surface area contributed by atoms with Crippen molar-refractivity contribution in [2.24, 2.45) is 0 Å². The maximum atomic E-state index is 6.08. The van der Waals surface area contributed by atoms with Gasteiger partial charge in [0.25, 0.3) is 0 Å². The number of ether oxygens (including phenoxy) is 2. The average molecular weight is 369 g/mol. The monoisotopic (exact) mass is 368 g/mol. The molecule has 0 saturated carbocycles. The number of rotatable bonds is 13. The molecule has 2 aromatic rings.